The Morgan fingerprint density at radius 3 is 2.80 bits per heavy atom. The molecule has 1 aliphatic carbocycles. The highest BCUT2D eigenvalue weighted by Crippen LogP contribution is 2.32. The molecule has 1 heterocycles. The van der Waals surface area contributed by atoms with Crippen LogP contribution in [0.2, 0.25) is 0 Å². The van der Waals surface area contributed by atoms with E-state index in [-0.39, 0.29) is 0 Å². The normalized spacial score (nSPS) is 15.7. The molecule has 0 radical (unpaired) electrons. The highest BCUT2D eigenvalue weighted by atomic mass is 32.1. The number of hydrogen-bond acceptors (Lipinski definition) is 2. The standard InChI is InChI=1S/C12H18N2S/c1-9(2)14(12(13)10-5-6-10)8-11-4-3-7-15-11/h3-4,7,9-10,13H,5-6,8H2,1-2H3. The Hall–Kier alpha value is -0.830. The van der Waals surface area contributed by atoms with Gasteiger partial charge in [-0.15, -0.1) is 11.3 Å². The van der Waals surface area contributed by atoms with E-state index >= 15 is 0 Å². The minimum absolute atomic E-state index is 0.431. The third kappa shape index (κ3) is 2.59. The lowest BCUT2D eigenvalue weighted by atomic mass is 10.2. The van der Waals surface area contributed by atoms with Crippen molar-refractivity contribution in [1.29, 1.82) is 5.41 Å². The monoisotopic (exact) mass is 222 g/mol. The van der Waals surface area contributed by atoms with Crippen LogP contribution in [0.25, 0.3) is 0 Å². The second-order valence-corrected chi connectivity index (χ2v) is 5.49. The predicted octanol–water partition coefficient (Wildman–Crippen LogP) is 3.35. The first-order valence-electron chi connectivity index (χ1n) is 5.56. The molecule has 0 amide bonds. The fourth-order valence-corrected chi connectivity index (χ4v) is 2.41. The molecule has 1 saturated carbocycles. The van der Waals surface area contributed by atoms with Crippen molar-refractivity contribution in [2.75, 3.05) is 0 Å². The van der Waals surface area contributed by atoms with Crippen LogP contribution in [-0.4, -0.2) is 16.8 Å². The lowest BCUT2D eigenvalue weighted by Crippen LogP contribution is -2.36. The van der Waals surface area contributed by atoms with Crippen LogP contribution in [0.15, 0.2) is 17.5 Å². The Morgan fingerprint density at radius 2 is 2.33 bits per heavy atom. The fraction of sp³-hybridized carbons (Fsp3) is 0.583. The van der Waals surface area contributed by atoms with E-state index < -0.39 is 0 Å². The second-order valence-electron chi connectivity index (χ2n) is 4.46. The molecule has 3 heteroatoms. The van der Waals surface area contributed by atoms with Crippen molar-refractivity contribution in [3.8, 4) is 0 Å². The van der Waals surface area contributed by atoms with Crippen molar-refractivity contribution in [2.45, 2.75) is 39.3 Å². The molecule has 0 unspecified atom stereocenters. The van der Waals surface area contributed by atoms with E-state index in [4.69, 9.17) is 5.41 Å². The largest absolute Gasteiger partial charge is 0.353 e. The van der Waals surface area contributed by atoms with Gasteiger partial charge in [-0.3, -0.25) is 5.41 Å². The summed E-state index contributed by atoms with van der Waals surface area (Å²) in [6.07, 6.45) is 2.43. The molecule has 1 fully saturated rings. The first kappa shape index (κ1) is 10.7. The molecule has 0 saturated heterocycles. The van der Waals surface area contributed by atoms with E-state index in [0.717, 1.165) is 12.4 Å². The van der Waals surface area contributed by atoms with Crippen LogP contribution in [0.5, 0.6) is 0 Å². The lowest BCUT2D eigenvalue weighted by Gasteiger charge is -2.28. The molecule has 1 aromatic heterocycles. The van der Waals surface area contributed by atoms with Crippen LogP contribution >= 0.6 is 11.3 Å². The van der Waals surface area contributed by atoms with Gasteiger partial charge in [0.15, 0.2) is 0 Å². The lowest BCUT2D eigenvalue weighted by molar-refractivity contribution is 0.334. The maximum atomic E-state index is 8.13. The molecule has 15 heavy (non-hydrogen) atoms. The Bertz CT molecular complexity index is 325. The molecule has 0 atom stereocenters. The highest BCUT2D eigenvalue weighted by molar-refractivity contribution is 7.09. The van der Waals surface area contributed by atoms with Gasteiger partial charge in [-0.2, -0.15) is 0 Å². The summed E-state index contributed by atoms with van der Waals surface area (Å²) < 4.78 is 0. The summed E-state index contributed by atoms with van der Waals surface area (Å²) >= 11 is 1.78. The SMILES string of the molecule is CC(C)N(Cc1cccs1)C(=N)C1CC1. The van der Waals surface area contributed by atoms with Crippen LogP contribution in [0.4, 0.5) is 0 Å². The molecule has 0 bridgehead atoms. The zero-order valence-electron chi connectivity index (χ0n) is 9.36. The van der Waals surface area contributed by atoms with Gasteiger partial charge in [-0.05, 0) is 38.1 Å². The van der Waals surface area contributed by atoms with Crippen LogP contribution in [-0.2, 0) is 6.54 Å². The summed E-state index contributed by atoms with van der Waals surface area (Å²) in [4.78, 5) is 3.58. The fourth-order valence-electron chi connectivity index (χ4n) is 1.71. The summed E-state index contributed by atoms with van der Waals surface area (Å²) in [7, 11) is 0. The molecule has 2 rings (SSSR count). The third-order valence-electron chi connectivity index (χ3n) is 2.80. The molecule has 1 aliphatic rings. The maximum absolute atomic E-state index is 8.13. The number of nitrogens with zero attached hydrogens (tertiary/aromatic N) is 1. The van der Waals surface area contributed by atoms with Gasteiger partial charge in [0.2, 0.25) is 0 Å². The van der Waals surface area contributed by atoms with Crippen molar-refractivity contribution in [3.05, 3.63) is 22.4 Å². The van der Waals surface area contributed by atoms with Gasteiger partial charge < -0.3 is 4.90 Å². The first-order valence-corrected chi connectivity index (χ1v) is 6.44. The van der Waals surface area contributed by atoms with Crippen molar-refractivity contribution in [1.82, 2.24) is 4.90 Å². The van der Waals surface area contributed by atoms with E-state index in [1.165, 1.54) is 17.7 Å². The molecular formula is C12H18N2S. The van der Waals surface area contributed by atoms with Crippen molar-refractivity contribution in [3.63, 3.8) is 0 Å². The number of hydrogen-bond donors (Lipinski definition) is 1. The van der Waals surface area contributed by atoms with E-state index in [9.17, 15) is 0 Å². The Kier molecular flexibility index (Phi) is 3.10. The average molecular weight is 222 g/mol. The number of nitrogens with one attached hydrogen (secondary N) is 1. The van der Waals surface area contributed by atoms with Gasteiger partial charge >= 0.3 is 0 Å². The Labute approximate surface area is 95.4 Å². The third-order valence-corrected chi connectivity index (χ3v) is 3.66. The highest BCUT2D eigenvalue weighted by Gasteiger charge is 2.31. The molecule has 0 spiro atoms. The summed E-state index contributed by atoms with van der Waals surface area (Å²) in [5.41, 5.74) is 0. The second kappa shape index (κ2) is 4.35. The molecule has 0 aromatic carbocycles. The summed E-state index contributed by atoms with van der Waals surface area (Å²) in [5.74, 6) is 1.39. The van der Waals surface area contributed by atoms with E-state index in [0.29, 0.717) is 12.0 Å². The number of rotatable bonds is 4. The number of thiophene rings is 1. The molecule has 0 aliphatic heterocycles. The van der Waals surface area contributed by atoms with E-state index in [1.807, 2.05) is 0 Å². The summed E-state index contributed by atoms with van der Waals surface area (Å²) in [6.45, 7) is 5.25. The molecule has 1 aromatic rings. The molecule has 1 N–H and O–H groups in total. The summed E-state index contributed by atoms with van der Waals surface area (Å²) in [6, 6.07) is 4.67. The minimum Gasteiger partial charge on any atom is -0.353 e. The van der Waals surface area contributed by atoms with Crippen LogP contribution in [0.1, 0.15) is 31.6 Å². The predicted molar refractivity (Wildman–Crippen MR) is 65.4 cm³/mol. The molecule has 2 nitrogen and oxygen atoms in total. The van der Waals surface area contributed by atoms with Gasteiger partial charge in [0.25, 0.3) is 0 Å². The van der Waals surface area contributed by atoms with Crippen LogP contribution < -0.4 is 0 Å². The van der Waals surface area contributed by atoms with Gasteiger partial charge in [-0.1, -0.05) is 6.07 Å². The maximum Gasteiger partial charge on any atom is 0.0995 e. The van der Waals surface area contributed by atoms with E-state index in [1.54, 1.807) is 11.3 Å². The van der Waals surface area contributed by atoms with Gasteiger partial charge in [0.05, 0.1) is 12.4 Å². The first-order chi connectivity index (χ1) is 7.18. The molecular weight excluding hydrogens is 204 g/mol. The number of amidine groups is 1. The van der Waals surface area contributed by atoms with E-state index in [2.05, 4.69) is 36.3 Å². The van der Waals surface area contributed by atoms with Crippen molar-refractivity contribution in [2.24, 2.45) is 5.92 Å². The summed E-state index contributed by atoms with van der Waals surface area (Å²) in [5, 5.41) is 10.2. The molecule has 82 valence electrons. The minimum atomic E-state index is 0.431. The quantitative estimate of drug-likeness (QED) is 0.614. The van der Waals surface area contributed by atoms with Crippen molar-refractivity contribution >= 4 is 17.2 Å². The van der Waals surface area contributed by atoms with Gasteiger partial charge in [0.1, 0.15) is 0 Å². The van der Waals surface area contributed by atoms with Crippen LogP contribution in [0.3, 0.4) is 0 Å². The smallest absolute Gasteiger partial charge is 0.0995 e. The zero-order chi connectivity index (χ0) is 10.8. The van der Waals surface area contributed by atoms with Gasteiger partial charge in [0, 0.05) is 16.8 Å². The zero-order valence-corrected chi connectivity index (χ0v) is 10.2. The van der Waals surface area contributed by atoms with Gasteiger partial charge in [-0.25, -0.2) is 0 Å². The average Bonchev–Trinajstić information content (AvgIpc) is 2.92. The van der Waals surface area contributed by atoms with Crippen LogP contribution in [0, 0.1) is 11.3 Å². The van der Waals surface area contributed by atoms with Crippen molar-refractivity contribution < 1.29 is 0 Å². The Morgan fingerprint density at radius 1 is 1.60 bits per heavy atom. The topological polar surface area (TPSA) is 27.1 Å². The Balaban J connectivity index is 2.02.